The SMILES string of the molecule is Cc1ccc(N(C)Cc2ccc(B(O)O)cc2)c(C)c1. The average molecular weight is 269 g/mol. The second-order valence-electron chi connectivity index (χ2n) is 5.26. The lowest BCUT2D eigenvalue weighted by atomic mass is 9.80. The Hall–Kier alpha value is -1.78. The molecule has 0 bridgehead atoms. The highest BCUT2D eigenvalue weighted by molar-refractivity contribution is 6.58. The third-order valence-electron chi connectivity index (χ3n) is 3.46. The molecular formula is C16H20BNO2. The highest BCUT2D eigenvalue weighted by Gasteiger charge is 2.10. The Labute approximate surface area is 120 Å². The molecule has 0 aliphatic heterocycles. The molecule has 0 atom stereocenters. The Balaban J connectivity index is 2.12. The predicted molar refractivity (Wildman–Crippen MR) is 84.3 cm³/mol. The van der Waals surface area contributed by atoms with Crippen LogP contribution in [0.3, 0.4) is 0 Å². The van der Waals surface area contributed by atoms with Gasteiger partial charge in [0.2, 0.25) is 0 Å². The molecule has 2 rings (SSSR count). The topological polar surface area (TPSA) is 43.7 Å². The van der Waals surface area contributed by atoms with Gasteiger partial charge in [0, 0.05) is 19.3 Å². The van der Waals surface area contributed by atoms with Crippen molar-refractivity contribution in [2.45, 2.75) is 20.4 Å². The van der Waals surface area contributed by atoms with Crippen LogP contribution in [0.25, 0.3) is 0 Å². The van der Waals surface area contributed by atoms with Crippen molar-refractivity contribution in [3.05, 3.63) is 59.2 Å². The minimum atomic E-state index is -1.40. The molecule has 0 saturated heterocycles. The molecule has 0 aromatic heterocycles. The Morgan fingerprint density at radius 2 is 1.65 bits per heavy atom. The summed E-state index contributed by atoms with van der Waals surface area (Å²) in [6.07, 6.45) is 0. The minimum Gasteiger partial charge on any atom is -0.423 e. The third kappa shape index (κ3) is 3.41. The van der Waals surface area contributed by atoms with E-state index in [2.05, 4.69) is 44.0 Å². The maximum absolute atomic E-state index is 9.08. The fourth-order valence-electron chi connectivity index (χ4n) is 2.39. The lowest BCUT2D eigenvalue weighted by molar-refractivity contribution is 0.426. The van der Waals surface area contributed by atoms with Gasteiger partial charge in [-0.05, 0) is 36.5 Å². The van der Waals surface area contributed by atoms with E-state index in [1.54, 1.807) is 12.1 Å². The maximum atomic E-state index is 9.08. The molecule has 2 aromatic rings. The third-order valence-corrected chi connectivity index (χ3v) is 3.46. The first-order valence-corrected chi connectivity index (χ1v) is 6.71. The van der Waals surface area contributed by atoms with Crippen LogP contribution < -0.4 is 10.4 Å². The van der Waals surface area contributed by atoms with E-state index in [9.17, 15) is 0 Å². The molecule has 0 spiro atoms. The molecule has 0 radical (unpaired) electrons. The predicted octanol–water partition coefficient (Wildman–Crippen LogP) is 1.62. The number of hydrogen-bond acceptors (Lipinski definition) is 3. The molecule has 104 valence electrons. The highest BCUT2D eigenvalue weighted by Crippen LogP contribution is 2.21. The van der Waals surface area contributed by atoms with Gasteiger partial charge in [0.15, 0.2) is 0 Å². The molecule has 2 aromatic carbocycles. The van der Waals surface area contributed by atoms with E-state index in [1.807, 2.05) is 12.1 Å². The van der Waals surface area contributed by atoms with Gasteiger partial charge in [0.1, 0.15) is 0 Å². The number of anilines is 1. The quantitative estimate of drug-likeness (QED) is 0.829. The van der Waals surface area contributed by atoms with Crippen LogP contribution in [-0.4, -0.2) is 24.2 Å². The fourth-order valence-corrected chi connectivity index (χ4v) is 2.39. The molecule has 3 nitrogen and oxygen atoms in total. The fraction of sp³-hybridized carbons (Fsp3) is 0.250. The van der Waals surface area contributed by atoms with Crippen molar-refractivity contribution in [3.8, 4) is 0 Å². The summed E-state index contributed by atoms with van der Waals surface area (Å²) >= 11 is 0. The van der Waals surface area contributed by atoms with Crippen LogP contribution in [0.4, 0.5) is 5.69 Å². The van der Waals surface area contributed by atoms with Gasteiger partial charge in [-0.15, -0.1) is 0 Å². The van der Waals surface area contributed by atoms with Crippen LogP contribution in [0.5, 0.6) is 0 Å². The van der Waals surface area contributed by atoms with Crippen molar-refractivity contribution in [1.29, 1.82) is 0 Å². The Kier molecular flexibility index (Phi) is 4.48. The monoisotopic (exact) mass is 269 g/mol. The lowest BCUT2D eigenvalue weighted by Gasteiger charge is -2.22. The summed E-state index contributed by atoms with van der Waals surface area (Å²) in [5.41, 5.74) is 5.39. The summed E-state index contributed by atoms with van der Waals surface area (Å²) in [5, 5.41) is 18.2. The zero-order chi connectivity index (χ0) is 14.7. The number of nitrogens with zero attached hydrogens (tertiary/aromatic N) is 1. The molecule has 0 heterocycles. The average Bonchev–Trinajstić information content (AvgIpc) is 2.39. The van der Waals surface area contributed by atoms with Crippen molar-refractivity contribution >= 4 is 18.3 Å². The smallest absolute Gasteiger partial charge is 0.423 e. The lowest BCUT2D eigenvalue weighted by Crippen LogP contribution is -2.29. The Morgan fingerprint density at radius 3 is 2.20 bits per heavy atom. The first kappa shape index (κ1) is 14.6. The van der Waals surface area contributed by atoms with Gasteiger partial charge >= 0.3 is 7.12 Å². The van der Waals surface area contributed by atoms with Crippen LogP contribution in [0.1, 0.15) is 16.7 Å². The van der Waals surface area contributed by atoms with Crippen LogP contribution >= 0.6 is 0 Å². The first-order chi connectivity index (χ1) is 9.47. The zero-order valence-corrected chi connectivity index (χ0v) is 12.2. The molecule has 20 heavy (non-hydrogen) atoms. The molecule has 0 aliphatic carbocycles. The Morgan fingerprint density at radius 1 is 1.00 bits per heavy atom. The summed E-state index contributed by atoms with van der Waals surface area (Å²) in [5.74, 6) is 0. The van der Waals surface area contributed by atoms with E-state index in [1.165, 1.54) is 16.8 Å². The molecule has 0 aliphatic rings. The van der Waals surface area contributed by atoms with E-state index in [-0.39, 0.29) is 0 Å². The number of rotatable bonds is 4. The second kappa shape index (κ2) is 6.12. The van der Waals surface area contributed by atoms with Crippen LogP contribution in [-0.2, 0) is 6.54 Å². The Bertz CT molecular complexity index is 582. The van der Waals surface area contributed by atoms with E-state index in [0.29, 0.717) is 5.46 Å². The van der Waals surface area contributed by atoms with Gasteiger partial charge in [0.05, 0.1) is 0 Å². The van der Waals surface area contributed by atoms with Crippen molar-refractivity contribution in [1.82, 2.24) is 0 Å². The van der Waals surface area contributed by atoms with Crippen LogP contribution in [0.15, 0.2) is 42.5 Å². The van der Waals surface area contributed by atoms with Gasteiger partial charge in [-0.3, -0.25) is 0 Å². The van der Waals surface area contributed by atoms with Crippen molar-refractivity contribution in [3.63, 3.8) is 0 Å². The number of benzene rings is 2. The minimum absolute atomic E-state index is 0.517. The van der Waals surface area contributed by atoms with E-state index >= 15 is 0 Å². The standard InChI is InChI=1S/C16H20BNO2/c1-12-4-9-16(13(2)10-12)18(3)11-14-5-7-15(8-6-14)17(19)20/h4-10,19-20H,11H2,1-3H3. The molecule has 0 fully saturated rings. The largest absolute Gasteiger partial charge is 0.488 e. The van der Waals surface area contributed by atoms with E-state index in [4.69, 9.17) is 10.0 Å². The normalized spacial score (nSPS) is 10.4. The molecule has 2 N–H and O–H groups in total. The van der Waals surface area contributed by atoms with Crippen molar-refractivity contribution in [2.75, 3.05) is 11.9 Å². The van der Waals surface area contributed by atoms with Crippen LogP contribution in [0, 0.1) is 13.8 Å². The molecule has 0 amide bonds. The van der Waals surface area contributed by atoms with Crippen molar-refractivity contribution in [2.24, 2.45) is 0 Å². The van der Waals surface area contributed by atoms with Gasteiger partial charge < -0.3 is 14.9 Å². The second-order valence-corrected chi connectivity index (χ2v) is 5.26. The molecule has 0 saturated carbocycles. The highest BCUT2D eigenvalue weighted by atomic mass is 16.4. The van der Waals surface area contributed by atoms with Gasteiger partial charge in [-0.25, -0.2) is 0 Å². The first-order valence-electron chi connectivity index (χ1n) is 6.71. The molecular weight excluding hydrogens is 249 g/mol. The van der Waals surface area contributed by atoms with E-state index < -0.39 is 7.12 Å². The van der Waals surface area contributed by atoms with Gasteiger partial charge in [-0.1, -0.05) is 42.0 Å². The van der Waals surface area contributed by atoms with Gasteiger partial charge in [0.25, 0.3) is 0 Å². The summed E-state index contributed by atoms with van der Waals surface area (Å²) in [6.45, 7) is 4.99. The summed E-state index contributed by atoms with van der Waals surface area (Å²) in [4.78, 5) is 2.19. The van der Waals surface area contributed by atoms with Crippen LogP contribution in [0.2, 0.25) is 0 Å². The van der Waals surface area contributed by atoms with E-state index in [0.717, 1.165) is 12.1 Å². The van der Waals surface area contributed by atoms with Gasteiger partial charge in [-0.2, -0.15) is 0 Å². The summed E-state index contributed by atoms with van der Waals surface area (Å²) in [7, 11) is 0.660. The number of hydrogen-bond donors (Lipinski definition) is 2. The summed E-state index contributed by atoms with van der Waals surface area (Å²) in [6, 6.07) is 13.8. The van der Waals surface area contributed by atoms with Crippen molar-refractivity contribution < 1.29 is 10.0 Å². The number of aryl methyl sites for hydroxylation is 2. The maximum Gasteiger partial charge on any atom is 0.488 e. The summed E-state index contributed by atoms with van der Waals surface area (Å²) < 4.78 is 0. The molecule has 4 heteroatoms. The zero-order valence-electron chi connectivity index (χ0n) is 12.2. The molecule has 0 unspecified atom stereocenters.